The number of hydrogen-bond acceptors (Lipinski definition) is 5. The lowest BCUT2D eigenvalue weighted by molar-refractivity contribution is -0.0794. The molecule has 1 fully saturated rings. The summed E-state index contributed by atoms with van der Waals surface area (Å²) in [5.74, 6) is 6.76. The summed E-state index contributed by atoms with van der Waals surface area (Å²) in [6.07, 6.45) is 2.87. The predicted molar refractivity (Wildman–Crippen MR) is 108 cm³/mol. The first-order valence-corrected chi connectivity index (χ1v) is 9.72. The SMILES string of the molecule is CC(C)(C)OCCCOc1ccc(C#CCOC2CN(C(C)(C)C)C2)cn1. The van der Waals surface area contributed by atoms with Crippen molar-refractivity contribution >= 4 is 0 Å². The van der Waals surface area contributed by atoms with Crippen LogP contribution in [0, 0.1) is 11.8 Å². The van der Waals surface area contributed by atoms with Crippen LogP contribution in [0.2, 0.25) is 0 Å². The lowest BCUT2D eigenvalue weighted by Crippen LogP contribution is -2.59. The molecule has 0 aliphatic carbocycles. The second kappa shape index (κ2) is 9.54. The highest BCUT2D eigenvalue weighted by Gasteiger charge is 2.34. The molecule has 0 atom stereocenters. The zero-order valence-corrected chi connectivity index (χ0v) is 17.7. The van der Waals surface area contributed by atoms with E-state index in [2.05, 4.69) is 42.5 Å². The topological polar surface area (TPSA) is 43.8 Å². The van der Waals surface area contributed by atoms with Crippen molar-refractivity contribution in [1.29, 1.82) is 0 Å². The lowest BCUT2D eigenvalue weighted by Gasteiger charge is -2.47. The number of pyridine rings is 1. The molecule has 27 heavy (non-hydrogen) atoms. The van der Waals surface area contributed by atoms with E-state index in [0.29, 0.717) is 31.8 Å². The van der Waals surface area contributed by atoms with Gasteiger partial charge in [-0.25, -0.2) is 4.98 Å². The van der Waals surface area contributed by atoms with E-state index >= 15 is 0 Å². The molecule has 1 saturated heterocycles. The minimum atomic E-state index is -0.104. The van der Waals surface area contributed by atoms with E-state index in [1.807, 2.05) is 32.9 Å². The number of ether oxygens (including phenoxy) is 3. The van der Waals surface area contributed by atoms with Gasteiger partial charge < -0.3 is 14.2 Å². The summed E-state index contributed by atoms with van der Waals surface area (Å²) < 4.78 is 17.1. The average molecular weight is 375 g/mol. The smallest absolute Gasteiger partial charge is 0.213 e. The summed E-state index contributed by atoms with van der Waals surface area (Å²) in [6, 6.07) is 3.77. The van der Waals surface area contributed by atoms with Crippen molar-refractivity contribution in [3.8, 4) is 17.7 Å². The number of nitrogens with zero attached hydrogens (tertiary/aromatic N) is 2. The van der Waals surface area contributed by atoms with E-state index in [9.17, 15) is 0 Å². The van der Waals surface area contributed by atoms with Crippen LogP contribution >= 0.6 is 0 Å². The summed E-state index contributed by atoms with van der Waals surface area (Å²) in [5, 5.41) is 0. The van der Waals surface area contributed by atoms with Gasteiger partial charge in [0.1, 0.15) is 6.61 Å². The molecule has 0 spiro atoms. The third-order valence-corrected chi connectivity index (χ3v) is 4.23. The van der Waals surface area contributed by atoms with Gasteiger partial charge >= 0.3 is 0 Å². The quantitative estimate of drug-likeness (QED) is 0.540. The van der Waals surface area contributed by atoms with Crippen molar-refractivity contribution in [2.45, 2.75) is 65.2 Å². The molecule has 0 radical (unpaired) electrons. The van der Waals surface area contributed by atoms with E-state index in [0.717, 1.165) is 25.1 Å². The van der Waals surface area contributed by atoms with Crippen molar-refractivity contribution in [3.63, 3.8) is 0 Å². The summed E-state index contributed by atoms with van der Waals surface area (Å²) in [4.78, 5) is 6.70. The van der Waals surface area contributed by atoms with E-state index in [4.69, 9.17) is 14.2 Å². The fourth-order valence-corrected chi connectivity index (χ4v) is 2.54. The Balaban J connectivity index is 1.61. The fourth-order valence-electron chi connectivity index (χ4n) is 2.54. The second-order valence-electron chi connectivity index (χ2n) is 8.86. The van der Waals surface area contributed by atoms with Crippen LogP contribution < -0.4 is 4.74 Å². The third-order valence-electron chi connectivity index (χ3n) is 4.23. The minimum Gasteiger partial charge on any atom is -0.478 e. The molecule has 2 heterocycles. The second-order valence-corrected chi connectivity index (χ2v) is 8.86. The first-order chi connectivity index (χ1) is 12.6. The largest absolute Gasteiger partial charge is 0.478 e. The molecular weight excluding hydrogens is 340 g/mol. The van der Waals surface area contributed by atoms with Gasteiger partial charge in [0.25, 0.3) is 0 Å². The van der Waals surface area contributed by atoms with Gasteiger partial charge in [-0.3, -0.25) is 4.90 Å². The van der Waals surface area contributed by atoms with Crippen LogP contribution in [-0.2, 0) is 9.47 Å². The molecule has 5 heteroatoms. The Morgan fingerprint density at radius 3 is 2.44 bits per heavy atom. The van der Waals surface area contributed by atoms with Crippen LogP contribution in [-0.4, -0.2) is 60.0 Å². The average Bonchev–Trinajstić information content (AvgIpc) is 2.51. The van der Waals surface area contributed by atoms with Gasteiger partial charge in [0, 0.05) is 42.9 Å². The van der Waals surface area contributed by atoms with Gasteiger partial charge in [-0.2, -0.15) is 0 Å². The van der Waals surface area contributed by atoms with Crippen LogP contribution in [0.5, 0.6) is 5.88 Å². The maximum Gasteiger partial charge on any atom is 0.213 e. The van der Waals surface area contributed by atoms with Crippen LogP contribution in [0.25, 0.3) is 0 Å². The van der Waals surface area contributed by atoms with Gasteiger partial charge in [0.15, 0.2) is 0 Å². The minimum absolute atomic E-state index is 0.104. The zero-order chi connectivity index (χ0) is 19.9. The number of likely N-dealkylation sites (tertiary alicyclic amines) is 1. The maximum absolute atomic E-state index is 5.78. The highest BCUT2D eigenvalue weighted by molar-refractivity contribution is 5.33. The molecule has 0 bridgehead atoms. The Kier molecular flexibility index (Phi) is 7.67. The predicted octanol–water partition coefficient (Wildman–Crippen LogP) is 3.52. The number of aromatic nitrogens is 1. The molecule has 1 aliphatic rings. The Morgan fingerprint density at radius 1 is 1.11 bits per heavy atom. The van der Waals surface area contributed by atoms with Crippen LogP contribution in [0.4, 0.5) is 0 Å². The number of rotatable bonds is 7. The van der Waals surface area contributed by atoms with Gasteiger partial charge in [-0.15, -0.1) is 0 Å². The summed E-state index contributed by atoms with van der Waals surface area (Å²) >= 11 is 0. The van der Waals surface area contributed by atoms with Crippen molar-refractivity contribution in [2.75, 3.05) is 32.9 Å². The Morgan fingerprint density at radius 2 is 1.85 bits per heavy atom. The molecule has 2 rings (SSSR count). The van der Waals surface area contributed by atoms with Crippen molar-refractivity contribution in [2.24, 2.45) is 0 Å². The van der Waals surface area contributed by atoms with Crippen LogP contribution in [0.3, 0.4) is 0 Å². The normalized spacial score (nSPS) is 15.8. The molecular formula is C22H34N2O3. The molecule has 0 saturated carbocycles. The van der Waals surface area contributed by atoms with Crippen molar-refractivity contribution < 1.29 is 14.2 Å². The Labute approximate surface area is 164 Å². The lowest BCUT2D eigenvalue weighted by atomic mass is 9.99. The number of hydrogen-bond donors (Lipinski definition) is 0. The van der Waals surface area contributed by atoms with E-state index in [-0.39, 0.29) is 11.1 Å². The molecule has 1 aliphatic heterocycles. The molecule has 0 N–H and O–H groups in total. The summed E-state index contributed by atoms with van der Waals surface area (Å²) in [6.45, 7) is 16.5. The molecule has 0 unspecified atom stereocenters. The molecule has 1 aromatic rings. The van der Waals surface area contributed by atoms with Gasteiger partial charge in [-0.1, -0.05) is 11.8 Å². The van der Waals surface area contributed by atoms with E-state index < -0.39 is 0 Å². The van der Waals surface area contributed by atoms with Crippen molar-refractivity contribution in [1.82, 2.24) is 9.88 Å². The molecule has 0 amide bonds. The van der Waals surface area contributed by atoms with Gasteiger partial charge in [-0.05, 0) is 47.6 Å². The first kappa shape index (κ1) is 21.7. The van der Waals surface area contributed by atoms with Gasteiger partial charge in [0.2, 0.25) is 5.88 Å². The fraction of sp³-hybridized carbons (Fsp3) is 0.682. The van der Waals surface area contributed by atoms with Gasteiger partial charge in [0.05, 0.1) is 24.9 Å². The monoisotopic (exact) mass is 374 g/mol. The van der Waals surface area contributed by atoms with Crippen LogP contribution in [0.15, 0.2) is 18.3 Å². The maximum atomic E-state index is 5.78. The summed E-state index contributed by atoms with van der Waals surface area (Å²) in [7, 11) is 0. The molecule has 5 nitrogen and oxygen atoms in total. The molecule has 150 valence electrons. The standard InChI is InChI=1S/C22H34N2O3/c1-21(2,3)24-16-19(17-24)25-12-7-9-18-10-11-20(23-15-18)26-13-8-14-27-22(4,5)6/h10-11,15,19H,8,12-14,16-17H2,1-6H3. The third kappa shape index (κ3) is 8.30. The zero-order valence-electron chi connectivity index (χ0n) is 17.7. The van der Waals surface area contributed by atoms with E-state index in [1.165, 1.54) is 0 Å². The molecule has 0 aromatic carbocycles. The molecule has 1 aromatic heterocycles. The first-order valence-electron chi connectivity index (χ1n) is 9.72. The van der Waals surface area contributed by atoms with Crippen LogP contribution in [0.1, 0.15) is 53.5 Å². The Hall–Kier alpha value is -1.61. The highest BCUT2D eigenvalue weighted by Crippen LogP contribution is 2.22. The Bertz CT molecular complexity index is 627. The summed E-state index contributed by atoms with van der Waals surface area (Å²) in [5.41, 5.74) is 0.986. The van der Waals surface area contributed by atoms with E-state index in [1.54, 1.807) is 6.20 Å². The highest BCUT2D eigenvalue weighted by atomic mass is 16.5. The van der Waals surface area contributed by atoms with Crippen molar-refractivity contribution in [3.05, 3.63) is 23.9 Å².